The van der Waals surface area contributed by atoms with Crippen LogP contribution in [0.5, 0.6) is 0 Å². The molecule has 110 valence electrons. The van der Waals surface area contributed by atoms with Crippen molar-refractivity contribution in [2.24, 2.45) is 0 Å². The summed E-state index contributed by atoms with van der Waals surface area (Å²) >= 11 is 0. The highest BCUT2D eigenvalue weighted by Gasteiger charge is 2.32. The van der Waals surface area contributed by atoms with Crippen LogP contribution in [0.1, 0.15) is 25.5 Å². The second-order valence-electron chi connectivity index (χ2n) is 4.85. The number of aromatic nitrogens is 1. The molecule has 20 heavy (non-hydrogen) atoms. The second kappa shape index (κ2) is 5.68. The Balaban J connectivity index is 1.90. The summed E-state index contributed by atoms with van der Waals surface area (Å²) in [5.41, 5.74) is -0.325. The third-order valence-electron chi connectivity index (χ3n) is 3.36. The SMILES string of the molecule is CC(=O)N1CCC(Nc2ccc(C(F)(F)F)nc2)CC1. The van der Waals surface area contributed by atoms with Crippen molar-refractivity contribution < 1.29 is 18.0 Å². The Morgan fingerprint density at radius 1 is 1.35 bits per heavy atom. The molecule has 1 aromatic rings. The van der Waals surface area contributed by atoms with Gasteiger partial charge in [0.2, 0.25) is 5.91 Å². The van der Waals surface area contributed by atoms with Crippen LogP contribution in [0.3, 0.4) is 0 Å². The van der Waals surface area contributed by atoms with Crippen LogP contribution in [0.25, 0.3) is 0 Å². The maximum atomic E-state index is 12.4. The van der Waals surface area contributed by atoms with E-state index in [1.807, 2.05) is 0 Å². The van der Waals surface area contributed by atoms with Crippen molar-refractivity contribution in [1.29, 1.82) is 0 Å². The van der Waals surface area contributed by atoms with Crippen LogP contribution in [-0.4, -0.2) is 34.9 Å². The number of halogens is 3. The van der Waals surface area contributed by atoms with Crippen LogP contribution >= 0.6 is 0 Å². The van der Waals surface area contributed by atoms with E-state index in [1.165, 1.54) is 19.2 Å². The summed E-state index contributed by atoms with van der Waals surface area (Å²) in [5, 5.41) is 3.15. The zero-order chi connectivity index (χ0) is 14.8. The Morgan fingerprint density at radius 2 is 2.00 bits per heavy atom. The van der Waals surface area contributed by atoms with E-state index in [1.54, 1.807) is 4.90 Å². The van der Waals surface area contributed by atoms with Crippen molar-refractivity contribution in [1.82, 2.24) is 9.88 Å². The molecule has 1 fully saturated rings. The van der Waals surface area contributed by atoms with Gasteiger partial charge in [-0.15, -0.1) is 0 Å². The van der Waals surface area contributed by atoms with Crippen LogP contribution in [0.2, 0.25) is 0 Å². The molecule has 1 aliphatic heterocycles. The molecule has 2 rings (SSSR count). The van der Waals surface area contributed by atoms with Gasteiger partial charge in [0, 0.05) is 26.1 Å². The highest BCUT2D eigenvalue weighted by atomic mass is 19.4. The van der Waals surface area contributed by atoms with Crippen molar-refractivity contribution in [3.05, 3.63) is 24.0 Å². The Hall–Kier alpha value is -1.79. The molecule has 0 bridgehead atoms. The molecule has 7 heteroatoms. The summed E-state index contributed by atoms with van der Waals surface area (Å²) < 4.78 is 37.1. The van der Waals surface area contributed by atoms with Crippen molar-refractivity contribution in [2.75, 3.05) is 18.4 Å². The maximum absolute atomic E-state index is 12.4. The third kappa shape index (κ3) is 3.61. The number of alkyl halides is 3. The summed E-state index contributed by atoms with van der Waals surface area (Å²) in [6.07, 6.45) is -1.66. The van der Waals surface area contributed by atoms with Crippen LogP contribution in [-0.2, 0) is 11.0 Å². The third-order valence-corrected chi connectivity index (χ3v) is 3.36. The highest BCUT2D eigenvalue weighted by molar-refractivity contribution is 5.73. The van der Waals surface area contributed by atoms with Gasteiger partial charge in [-0.2, -0.15) is 13.2 Å². The van der Waals surface area contributed by atoms with E-state index in [-0.39, 0.29) is 11.9 Å². The Bertz CT molecular complexity index is 465. The number of anilines is 1. The van der Waals surface area contributed by atoms with Gasteiger partial charge in [0.1, 0.15) is 5.69 Å². The number of piperidine rings is 1. The van der Waals surface area contributed by atoms with E-state index in [4.69, 9.17) is 0 Å². The summed E-state index contributed by atoms with van der Waals surface area (Å²) in [7, 11) is 0. The summed E-state index contributed by atoms with van der Waals surface area (Å²) in [6.45, 7) is 2.87. The first-order valence-electron chi connectivity index (χ1n) is 6.41. The fraction of sp³-hybridized carbons (Fsp3) is 0.538. The molecular formula is C13H16F3N3O. The molecule has 1 aliphatic rings. The van der Waals surface area contributed by atoms with Crippen molar-refractivity contribution in [3.63, 3.8) is 0 Å². The molecule has 0 aromatic carbocycles. The van der Waals surface area contributed by atoms with Crippen molar-refractivity contribution in [3.8, 4) is 0 Å². The summed E-state index contributed by atoms with van der Waals surface area (Å²) in [4.78, 5) is 16.4. The number of carbonyl (C=O) groups excluding carboxylic acids is 1. The number of nitrogens with zero attached hydrogens (tertiary/aromatic N) is 2. The lowest BCUT2D eigenvalue weighted by molar-refractivity contribution is -0.141. The van der Waals surface area contributed by atoms with Gasteiger partial charge >= 0.3 is 6.18 Å². The summed E-state index contributed by atoms with van der Waals surface area (Å²) in [5.74, 6) is 0.0552. The number of hydrogen-bond acceptors (Lipinski definition) is 3. The zero-order valence-electron chi connectivity index (χ0n) is 11.1. The van der Waals surface area contributed by atoms with E-state index in [9.17, 15) is 18.0 Å². The van der Waals surface area contributed by atoms with Gasteiger partial charge in [0.15, 0.2) is 0 Å². The number of amides is 1. The molecule has 1 aromatic heterocycles. The lowest BCUT2D eigenvalue weighted by atomic mass is 10.0. The maximum Gasteiger partial charge on any atom is 0.433 e. The Labute approximate surface area is 115 Å². The fourth-order valence-electron chi connectivity index (χ4n) is 2.22. The number of nitrogens with one attached hydrogen (secondary N) is 1. The molecular weight excluding hydrogens is 271 g/mol. The number of hydrogen-bond donors (Lipinski definition) is 1. The minimum atomic E-state index is -4.41. The predicted octanol–water partition coefficient (Wildman–Crippen LogP) is 2.52. The normalized spacial score (nSPS) is 17.1. The molecule has 0 spiro atoms. The number of pyridine rings is 1. The van der Waals surface area contributed by atoms with Crippen LogP contribution < -0.4 is 5.32 Å². The Kier molecular flexibility index (Phi) is 4.15. The first-order chi connectivity index (χ1) is 9.36. The first kappa shape index (κ1) is 14.6. The minimum Gasteiger partial charge on any atom is -0.381 e. The quantitative estimate of drug-likeness (QED) is 0.909. The number of carbonyl (C=O) groups is 1. The summed E-state index contributed by atoms with van der Waals surface area (Å²) in [6, 6.07) is 2.50. The van der Waals surface area contributed by atoms with Crippen molar-refractivity contribution >= 4 is 11.6 Å². The largest absolute Gasteiger partial charge is 0.433 e. The van der Waals surface area contributed by atoms with Gasteiger partial charge in [-0.1, -0.05) is 0 Å². The molecule has 0 aliphatic carbocycles. The lowest BCUT2D eigenvalue weighted by Gasteiger charge is -2.32. The van der Waals surface area contributed by atoms with E-state index >= 15 is 0 Å². The lowest BCUT2D eigenvalue weighted by Crippen LogP contribution is -2.41. The fourth-order valence-corrected chi connectivity index (χ4v) is 2.22. The van der Waals surface area contributed by atoms with Gasteiger partial charge in [0.25, 0.3) is 0 Å². The molecule has 1 amide bonds. The van der Waals surface area contributed by atoms with E-state index in [0.717, 1.165) is 18.9 Å². The molecule has 4 nitrogen and oxygen atoms in total. The highest BCUT2D eigenvalue weighted by Crippen LogP contribution is 2.28. The van der Waals surface area contributed by atoms with Gasteiger partial charge in [0.05, 0.1) is 11.9 Å². The van der Waals surface area contributed by atoms with Gasteiger partial charge in [-0.3, -0.25) is 4.79 Å². The minimum absolute atomic E-state index is 0.0552. The standard InChI is InChI=1S/C13H16F3N3O/c1-9(20)19-6-4-10(5-7-19)18-11-2-3-12(17-8-11)13(14,15)16/h2-3,8,10,18H,4-7H2,1H3. The molecule has 1 saturated heterocycles. The Morgan fingerprint density at radius 3 is 2.45 bits per heavy atom. The monoisotopic (exact) mass is 287 g/mol. The molecule has 0 atom stereocenters. The van der Waals surface area contributed by atoms with Crippen LogP contribution in [0, 0.1) is 0 Å². The van der Waals surface area contributed by atoms with Gasteiger partial charge in [-0.25, -0.2) is 4.98 Å². The van der Waals surface area contributed by atoms with Gasteiger partial charge in [-0.05, 0) is 25.0 Å². The number of likely N-dealkylation sites (tertiary alicyclic amines) is 1. The second-order valence-corrected chi connectivity index (χ2v) is 4.85. The molecule has 1 N–H and O–H groups in total. The zero-order valence-corrected chi connectivity index (χ0v) is 11.1. The number of rotatable bonds is 2. The van der Waals surface area contributed by atoms with E-state index in [2.05, 4.69) is 10.3 Å². The molecule has 0 unspecified atom stereocenters. The van der Waals surface area contributed by atoms with Crippen molar-refractivity contribution in [2.45, 2.75) is 32.0 Å². The van der Waals surface area contributed by atoms with Gasteiger partial charge < -0.3 is 10.2 Å². The molecule has 2 heterocycles. The molecule has 0 saturated carbocycles. The average Bonchev–Trinajstić information content (AvgIpc) is 2.39. The smallest absolute Gasteiger partial charge is 0.381 e. The first-order valence-corrected chi connectivity index (χ1v) is 6.41. The molecule has 0 radical (unpaired) electrons. The predicted molar refractivity (Wildman–Crippen MR) is 68.1 cm³/mol. The van der Waals surface area contributed by atoms with Crippen LogP contribution in [0.4, 0.5) is 18.9 Å². The topological polar surface area (TPSA) is 45.2 Å². The van der Waals surface area contributed by atoms with E-state index in [0.29, 0.717) is 18.8 Å². The average molecular weight is 287 g/mol. The van der Waals surface area contributed by atoms with Crippen LogP contribution in [0.15, 0.2) is 18.3 Å². The van der Waals surface area contributed by atoms with E-state index < -0.39 is 11.9 Å².